The van der Waals surface area contributed by atoms with Crippen LogP contribution in [0.1, 0.15) is 23.2 Å². The highest BCUT2D eigenvalue weighted by Crippen LogP contribution is 2.19. The summed E-state index contributed by atoms with van der Waals surface area (Å²) < 4.78 is 7.29. The molecule has 0 radical (unpaired) electrons. The SMILES string of the molecule is CCn1c(CNC(=O)c2ccco2)cc2ccccc21. The van der Waals surface area contributed by atoms with Crippen LogP contribution < -0.4 is 5.32 Å². The number of amides is 1. The lowest BCUT2D eigenvalue weighted by Gasteiger charge is -2.08. The number of aromatic nitrogens is 1. The minimum atomic E-state index is -0.192. The molecule has 4 heteroatoms. The van der Waals surface area contributed by atoms with E-state index in [0.717, 1.165) is 12.2 Å². The van der Waals surface area contributed by atoms with Crippen molar-refractivity contribution in [2.24, 2.45) is 0 Å². The normalized spacial score (nSPS) is 10.8. The topological polar surface area (TPSA) is 47.2 Å². The van der Waals surface area contributed by atoms with Crippen LogP contribution in [0, 0.1) is 0 Å². The standard InChI is InChI=1S/C16H16N2O2/c1-2-18-13(10-12-6-3-4-7-14(12)18)11-17-16(19)15-8-5-9-20-15/h3-10H,2,11H2,1H3,(H,17,19). The number of carbonyl (C=O) groups excluding carboxylic acids is 1. The zero-order valence-corrected chi connectivity index (χ0v) is 11.3. The predicted molar refractivity (Wildman–Crippen MR) is 77.5 cm³/mol. The largest absolute Gasteiger partial charge is 0.459 e. The van der Waals surface area contributed by atoms with Crippen molar-refractivity contribution in [1.82, 2.24) is 9.88 Å². The first-order valence-corrected chi connectivity index (χ1v) is 6.68. The monoisotopic (exact) mass is 268 g/mol. The average molecular weight is 268 g/mol. The van der Waals surface area contributed by atoms with E-state index in [-0.39, 0.29) is 5.91 Å². The fourth-order valence-electron chi connectivity index (χ4n) is 2.45. The average Bonchev–Trinajstić information content (AvgIpc) is 3.11. The van der Waals surface area contributed by atoms with E-state index in [1.165, 1.54) is 17.2 Å². The van der Waals surface area contributed by atoms with Crippen LogP contribution in [-0.4, -0.2) is 10.5 Å². The number of rotatable bonds is 4. The maximum atomic E-state index is 11.9. The number of benzene rings is 1. The molecule has 3 aromatic rings. The summed E-state index contributed by atoms with van der Waals surface area (Å²) in [6.45, 7) is 3.46. The van der Waals surface area contributed by atoms with E-state index in [2.05, 4.69) is 35.0 Å². The number of nitrogens with zero attached hydrogens (tertiary/aromatic N) is 1. The minimum absolute atomic E-state index is 0.192. The number of aryl methyl sites for hydroxylation is 1. The van der Waals surface area contributed by atoms with Gasteiger partial charge in [-0.3, -0.25) is 4.79 Å². The summed E-state index contributed by atoms with van der Waals surface area (Å²) in [5.41, 5.74) is 2.28. The fraction of sp³-hybridized carbons (Fsp3) is 0.188. The van der Waals surface area contributed by atoms with Gasteiger partial charge in [0.1, 0.15) is 0 Å². The molecule has 0 aliphatic carbocycles. The van der Waals surface area contributed by atoms with Crippen LogP contribution in [0.5, 0.6) is 0 Å². The lowest BCUT2D eigenvalue weighted by Crippen LogP contribution is -2.23. The maximum absolute atomic E-state index is 11.9. The second-order valence-electron chi connectivity index (χ2n) is 4.60. The Morgan fingerprint density at radius 2 is 2.10 bits per heavy atom. The van der Waals surface area contributed by atoms with Gasteiger partial charge >= 0.3 is 0 Å². The van der Waals surface area contributed by atoms with Crippen molar-refractivity contribution in [1.29, 1.82) is 0 Å². The van der Waals surface area contributed by atoms with E-state index < -0.39 is 0 Å². The molecule has 2 aromatic heterocycles. The number of furan rings is 1. The van der Waals surface area contributed by atoms with Crippen molar-refractivity contribution >= 4 is 16.8 Å². The first-order valence-electron chi connectivity index (χ1n) is 6.68. The van der Waals surface area contributed by atoms with Gasteiger partial charge in [0.15, 0.2) is 5.76 Å². The molecule has 0 aliphatic rings. The molecular weight excluding hydrogens is 252 g/mol. The van der Waals surface area contributed by atoms with E-state index in [4.69, 9.17) is 4.42 Å². The first-order chi connectivity index (χ1) is 9.79. The molecule has 0 saturated heterocycles. The van der Waals surface area contributed by atoms with Gasteiger partial charge < -0.3 is 14.3 Å². The molecule has 0 saturated carbocycles. The maximum Gasteiger partial charge on any atom is 0.287 e. The third kappa shape index (κ3) is 2.20. The summed E-state index contributed by atoms with van der Waals surface area (Å²) in [4.78, 5) is 11.9. The van der Waals surface area contributed by atoms with E-state index >= 15 is 0 Å². The Morgan fingerprint density at radius 3 is 2.85 bits per heavy atom. The molecule has 0 unspecified atom stereocenters. The second-order valence-corrected chi connectivity index (χ2v) is 4.60. The van der Waals surface area contributed by atoms with Crippen LogP contribution >= 0.6 is 0 Å². The molecule has 1 N–H and O–H groups in total. The quantitative estimate of drug-likeness (QED) is 0.790. The van der Waals surface area contributed by atoms with Crippen LogP contribution in [0.25, 0.3) is 10.9 Å². The second kappa shape index (κ2) is 5.25. The first kappa shape index (κ1) is 12.5. The zero-order valence-electron chi connectivity index (χ0n) is 11.3. The summed E-state index contributed by atoms with van der Waals surface area (Å²) in [5.74, 6) is 0.145. The molecule has 1 amide bonds. The molecule has 102 valence electrons. The Labute approximate surface area is 117 Å². The van der Waals surface area contributed by atoms with Crippen LogP contribution in [0.15, 0.2) is 53.1 Å². The van der Waals surface area contributed by atoms with Crippen LogP contribution in [0.2, 0.25) is 0 Å². The molecule has 2 heterocycles. The molecule has 0 bridgehead atoms. The Bertz CT molecular complexity index is 726. The number of para-hydroxylation sites is 1. The van der Waals surface area contributed by atoms with Crippen molar-refractivity contribution < 1.29 is 9.21 Å². The molecule has 0 atom stereocenters. The minimum Gasteiger partial charge on any atom is -0.459 e. The van der Waals surface area contributed by atoms with Crippen LogP contribution in [0.4, 0.5) is 0 Å². The number of carbonyl (C=O) groups is 1. The van der Waals surface area contributed by atoms with E-state index in [1.807, 2.05) is 12.1 Å². The Morgan fingerprint density at radius 1 is 1.25 bits per heavy atom. The number of hydrogen-bond donors (Lipinski definition) is 1. The van der Waals surface area contributed by atoms with Crippen molar-refractivity contribution in [2.75, 3.05) is 0 Å². The number of hydrogen-bond acceptors (Lipinski definition) is 2. The summed E-state index contributed by atoms with van der Waals surface area (Å²) in [6, 6.07) is 13.7. The highest BCUT2D eigenvalue weighted by atomic mass is 16.3. The highest BCUT2D eigenvalue weighted by Gasteiger charge is 2.11. The molecule has 0 fully saturated rings. The Balaban J connectivity index is 1.82. The molecule has 4 nitrogen and oxygen atoms in total. The predicted octanol–water partition coefficient (Wildman–Crippen LogP) is 3.18. The van der Waals surface area contributed by atoms with Gasteiger partial charge in [0.05, 0.1) is 12.8 Å². The lowest BCUT2D eigenvalue weighted by atomic mass is 10.2. The van der Waals surface area contributed by atoms with Crippen molar-refractivity contribution in [2.45, 2.75) is 20.0 Å². The van der Waals surface area contributed by atoms with Gasteiger partial charge in [-0.2, -0.15) is 0 Å². The highest BCUT2D eigenvalue weighted by molar-refractivity contribution is 5.91. The lowest BCUT2D eigenvalue weighted by molar-refractivity contribution is 0.0922. The third-order valence-corrected chi connectivity index (χ3v) is 3.39. The van der Waals surface area contributed by atoms with Gasteiger partial charge in [0.2, 0.25) is 0 Å². The van der Waals surface area contributed by atoms with E-state index in [0.29, 0.717) is 12.3 Å². The summed E-state index contributed by atoms with van der Waals surface area (Å²) in [6.07, 6.45) is 1.50. The third-order valence-electron chi connectivity index (χ3n) is 3.39. The van der Waals surface area contributed by atoms with Gasteiger partial charge in [-0.1, -0.05) is 18.2 Å². The summed E-state index contributed by atoms with van der Waals surface area (Å²) >= 11 is 0. The van der Waals surface area contributed by atoms with E-state index in [9.17, 15) is 4.79 Å². The van der Waals surface area contributed by atoms with Gasteiger partial charge in [-0.25, -0.2) is 0 Å². The molecule has 3 rings (SSSR count). The summed E-state index contributed by atoms with van der Waals surface area (Å²) in [5, 5.41) is 4.07. The summed E-state index contributed by atoms with van der Waals surface area (Å²) in [7, 11) is 0. The number of fused-ring (bicyclic) bond motifs is 1. The van der Waals surface area contributed by atoms with Gasteiger partial charge in [-0.15, -0.1) is 0 Å². The van der Waals surface area contributed by atoms with Crippen LogP contribution in [0.3, 0.4) is 0 Å². The zero-order chi connectivity index (χ0) is 13.9. The Hall–Kier alpha value is -2.49. The van der Waals surface area contributed by atoms with Gasteiger partial charge in [0, 0.05) is 17.8 Å². The molecule has 0 spiro atoms. The van der Waals surface area contributed by atoms with Gasteiger partial charge in [-0.05, 0) is 36.6 Å². The molecular formula is C16H16N2O2. The molecule has 1 aromatic carbocycles. The molecule has 0 aliphatic heterocycles. The fourth-order valence-corrected chi connectivity index (χ4v) is 2.45. The van der Waals surface area contributed by atoms with Crippen molar-refractivity contribution in [3.8, 4) is 0 Å². The van der Waals surface area contributed by atoms with Crippen molar-refractivity contribution in [3.63, 3.8) is 0 Å². The smallest absolute Gasteiger partial charge is 0.287 e. The number of nitrogens with one attached hydrogen (secondary N) is 1. The molecule has 20 heavy (non-hydrogen) atoms. The van der Waals surface area contributed by atoms with E-state index in [1.54, 1.807) is 12.1 Å². The van der Waals surface area contributed by atoms with Crippen molar-refractivity contribution in [3.05, 3.63) is 60.2 Å². The van der Waals surface area contributed by atoms with Gasteiger partial charge in [0.25, 0.3) is 5.91 Å². The Kier molecular flexibility index (Phi) is 3.29. The van der Waals surface area contributed by atoms with Crippen LogP contribution in [-0.2, 0) is 13.1 Å².